The Bertz CT molecular complexity index is 643. The Hall–Kier alpha value is -1.46. The molecule has 1 atom stereocenters. The monoisotopic (exact) mass is 387 g/mol. The zero-order valence-electron chi connectivity index (χ0n) is 11.5. The van der Waals surface area contributed by atoms with E-state index in [9.17, 15) is 13.6 Å². The molecule has 0 heterocycles. The van der Waals surface area contributed by atoms with E-state index >= 15 is 0 Å². The molecule has 6 heteroatoms. The minimum absolute atomic E-state index is 0.395. The first-order chi connectivity index (χ1) is 10.6. The first kappa shape index (κ1) is 16.9. The van der Waals surface area contributed by atoms with Crippen LogP contribution in [-0.2, 0) is 5.88 Å². The molecule has 2 rings (SSSR count). The van der Waals surface area contributed by atoms with E-state index in [1.165, 1.54) is 6.07 Å². The van der Waals surface area contributed by atoms with Crippen LogP contribution in [-0.4, -0.2) is 11.2 Å². The topological polar surface area (TPSA) is 29.1 Å². The van der Waals surface area contributed by atoms with Crippen molar-refractivity contribution in [3.8, 4) is 0 Å². The largest absolute Gasteiger partial charge is 0.344 e. The first-order valence-corrected chi connectivity index (χ1v) is 8.18. The number of halogens is 4. The summed E-state index contributed by atoms with van der Waals surface area (Å²) in [4.78, 5) is 12.1. The predicted octanol–water partition coefficient (Wildman–Crippen LogP) is 4.57. The molecule has 0 aliphatic carbocycles. The van der Waals surface area contributed by atoms with E-state index in [-0.39, 0.29) is 0 Å². The van der Waals surface area contributed by atoms with E-state index < -0.39 is 29.1 Å². The number of hydrogen-bond donors (Lipinski definition) is 1. The van der Waals surface area contributed by atoms with Crippen molar-refractivity contribution in [3.05, 3.63) is 70.8 Å². The number of alkyl halides is 2. The highest BCUT2D eigenvalue weighted by Gasteiger charge is 2.20. The third-order valence-electron chi connectivity index (χ3n) is 3.19. The maximum Gasteiger partial charge on any atom is 0.257 e. The van der Waals surface area contributed by atoms with Crippen LogP contribution in [0, 0.1) is 11.6 Å². The molecule has 0 fully saturated rings. The van der Waals surface area contributed by atoms with Gasteiger partial charge in [-0.15, -0.1) is 11.6 Å². The van der Waals surface area contributed by atoms with E-state index in [0.29, 0.717) is 11.2 Å². The molecule has 0 aliphatic rings. The van der Waals surface area contributed by atoms with E-state index in [1.807, 2.05) is 24.3 Å². The summed E-state index contributed by atoms with van der Waals surface area (Å²) in [5, 5.41) is 3.03. The molecule has 0 bridgehead atoms. The van der Waals surface area contributed by atoms with Crippen molar-refractivity contribution in [2.24, 2.45) is 0 Å². The van der Waals surface area contributed by atoms with Crippen molar-refractivity contribution in [2.45, 2.75) is 11.9 Å². The summed E-state index contributed by atoms with van der Waals surface area (Å²) in [6, 6.07) is 10.2. The highest BCUT2D eigenvalue weighted by atomic mass is 79.9. The van der Waals surface area contributed by atoms with E-state index in [1.54, 1.807) is 0 Å². The molecule has 1 unspecified atom stereocenters. The Balaban J connectivity index is 2.20. The molecule has 0 spiro atoms. The van der Waals surface area contributed by atoms with Gasteiger partial charge in [-0.25, -0.2) is 8.78 Å². The van der Waals surface area contributed by atoms with Crippen LogP contribution in [0.1, 0.15) is 27.5 Å². The summed E-state index contributed by atoms with van der Waals surface area (Å²) in [5.41, 5.74) is 1.19. The molecule has 2 nitrogen and oxygen atoms in total. The third-order valence-corrected chi connectivity index (χ3v) is 4.14. The Kier molecular flexibility index (Phi) is 5.91. The fourth-order valence-electron chi connectivity index (χ4n) is 2.00. The molecule has 0 radical (unpaired) electrons. The molecular weight excluding hydrogens is 376 g/mol. The highest BCUT2D eigenvalue weighted by molar-refractivity contribution is 9.09. The van der Waals surface area contributed by atoms with Gasteiger partial charge in [0.05, 0.1) is 6.04 Å². The van der Waals surface area contributed by atoms with Crippen molar-refractivity contribution in [3.63, 3.8) is 0 Å². The molecule has 2 aromatic carbocycles. The highest BCUT2D eigenvalue weighted by Crippen LogP contribution is 2.19. The van der Waals surface area contributed by atoms with Crippen molar-refractivity contribution < 1.29 is 13.6 Å². The molecule has 1 N–H and O–H groups in total. The Morgan fingerprint density at radius 3 is 2.23 bits per heavy atom. The molecule has 2 aromatic rings. The second-order valence-corrected chi connectivity index (χ2v) is 5.57. The normalized spacial score (nSPS) is 12.0. The maximum absolute atomic E-state index is 13.6. The minimum atomic E-state index is -0.886. The van der Waals surface area contributed by atoms with Gasteiger partial charge in [-0.2, -0.15) is 0 Å². The average Bonchev–Trinajstić information content (AvgIpc) is 2.52. The second-order valence-electron chi connectivity index (χ2n) is 4.65. The van der Waals surface area contributed by atoms with Crippen LogP contribution in [0.15, 0.2) is 42.5 Å². The van der Waals surface area contributed by atoms with Gasteiger partial charge in [0, 0.05) is 11.2 Å². The number of carbonyl (C=O) groups is 1. The lowest BCUT2D eigenvalue weighted by Crippen LogP contribution is -2.31. The van der Waals surface area contributed by atoms with Crippen LogP contribution in [0.4, 0.5) is 8.78 Å². The van der Waals surface area contributed by atoms with Crippen LogP contribution in [0.2, 0.25) is 0 Å². The first-order valence-electron chi connectivity index (χ1n) is 6.52. The fraction of sp³-hybridized carbons (Fsp3) is 0.188. The standard InChI is InChI=1S/C16H13BrClF2NO/c17-8-14(11-6-4-10(9-18)5-7-11)21-16(22)15-12(19)2-1-3-13(15)20/h1-7,14H,8-9H2,(H,21,22). The summed E-state index contributed by atoms with van der Waals surface area (Å²) in [7, 11) is 0. The summed E-state index contributed by atoms with van der Waals surface area (Å²) < 4.78 is 27.3. The van der Waals surface area contributed by atoms with Crippen molar-refractivity contribution in [2.75, 3.05) is 5.33 Å². The smallest absolute Gasteiger partial charge is 0.257 e. The van der Waals surface area contributed by atoms with Crippen LogP contribution in [0.5, 0.6) is 0 Å². The molecule has 1 amide bonds. The predicted molar refractivity (Wildman–Crippen MR) is 86.4 cm³/mol. The van der Waals surface area contributed by atoms with Crippen LogP contribution >= 0.6 is 27.5 Å². The SMILES string of the molecule is O=C(NC(CBr)c1ccc(CCl)cc1)c1c(F)cccc1F. The second kappa shape index (κ2) is 7.70. The summed E-state index contributed by atoms with van der Waals surface area (Å²) in [5.74, 6) is -2.17. The lowest BCUT2D eigenvalue weighted by molar-refractivity contribution is 0.0932. The van der Waals surface area contributed by atoms with Gasteiger partial charge in [0.2, 0.25) is 0 Å². The quantitative estimate of drug-likeness (QED) is 0.747. The van der Waals surface area contributed by atoms with Gasteiger partial charge in [-0.3, -0.25) is 4.79 Å². The van der Waals surface area contributed by atoms with Gasteiger partial charge in [-0.05, 0) is 23.3 Å². The Labute approximate surface area is 140 Å². The van der Waals surface area contributed by atoms with Crippen LogP contribution in [0.25, 0.3) is 0 Å². The number of rotatable bonds is 5. The summed E-state index contributed by atoms with van der Waals surface area (Å²) in [6.07, 6.45) is 0. The van der Waals surface area contributed by atoms with Gasteiger partial charge >= 0.3 is 0 Å². The number of amides is 1. The van der Waals surface area contributed by atoms with Gasteiger partial charge in [-0.1, -0.05) is 46.3 Å². The van der Waals surface area contributed by atoms with Gasteiger partial charge in [0.1, 0.15) is 17.2 Å². The van der Waals surface area contributed by atoms with Gasteiger partial charge in [0.25, 0.3) is 5.91 Å². The molecule has 0 saturated carbocycles. The number of benzene rings is 2. The zero-order valence-corrected chi connectivity index (χ0v) is 13.8. The van der Waals surface area contributed by atoms with Crippen LogP contribution in [0.3, 0.4) is 0 Å². The Morgan fingerprint density at radius 1 is 1.14 bits per heavy atom. The average molecular weight is 389 g/mol. The summed E-state index contributed by atoms with van der Waals surface area (Å²) in [6.45, 7) is 0. The third kappa shape index (κ3) is 3.84. The molecule has 0 aromatic heterocycles. The van der Waals surface area contributed by atoms with E-state index in [0.717, 1.165) is 23.3 Å². The fourth-order valence-corrected chi connectivity index (χ4v) is 2.71. The number of carbonyl (C=O) groups excluding carboxylic acids is 1. The molecule has 0 aliphatic heterocycles. The van der Waals surface area contributed by atoms with Gasteiger partial charge < -0.3 is 5.32 Å². The lowest BCUT2D eigenvalue weighted by atomic mass is 10.1. The van der Waals surface area contributed by atoms with Crippen molar-refractivity contribution >= 4 is 33.4 Å². The summed E-state index contributed by atoms with van der Waals surface area (Å²) >= 11 is 9.03. The zero-order chi connectivity index (χ0) is 16.1. The molecular formula is C16H13BrClF2NO. The van der Waals surface area contributed by atoms with Crippen LogP contribution < -0.4 is 5.32 Å². The van der Waals surface area contributed by atoms with Gasteiger partial charge in [0.15, 0.2) is 0 Å². The molecule has 116 valence electrons. The Morgan fingerprint density at radius 2 is 1.73 bits per heavy atom. The van der Waals surface area contributed by atoms with E-state index in [2.05, 4.69) is 21.2 Å². The minimum Gasteiger partial charge on any atom is -0.344 e. The van der Waals surface area contributed by atoms with Crippen molar-refractivity contribution in [1.82, 2.24) is 5.32 Å². The molecule has 22 heavy (non-hydrogen) atoms. The van der Waals surface area contributed by atoms with Crippen molar-refractivity contribution in [1.29, 1.82) is 0 Å². The van der Waals surface area contributed by atoms with E-state index in [4.69, 9.17) is 11.6 Å². The number of nitrogens with one attached hydrogen (secondary N) is 1. The lowest BCUT2D eigenvalue weighted by Gasteiger charge is -2.17. The molecule has 0 saturated heterocycles. The number of hydrogen-bond acceptors (Lipinski definition) is 1. The maximum atomic E-state index is 13.6.